The maximum absolute atomic E-state index is 4.18. The lowest BCUT2D eigenvalue weighted by Gasteiger charge is -1.99. The second kappa shape index (κ2) is 3.89. The van der Waals surface area contributed by atoms with Crippen LogP contribution in [-0.2, 0) is 0 Å². The summed E-state index contributed by atoms with van der Waals surface area (Å²) in [6, 6.07) is 0. The molecule has 0 radical (unpaired) electrons. The Morgan fingerprint density at radius 1 is 1.38 bits per heavy atom. The van der Waals surface area contributed by atoms with E-state index < -0.39 is 0 Å². The summed E-state index contributed by atoms with van der Waals surface area (Å²) in [5, 5.41) is 0. The predicted molar refractivity (Wildman–Crippen MR) is 54.4 cm³/mol. The first-order valence-electron chi connectivity index (χ1n) is 3.95. The molecule has 0 amide bonds. The van der Waals surface area contributed by atoms with Crippen molar-refractivity contribution in [2.75, 3.05) is 0 Å². The van der Waals surface area contributed by atoms with E-state index in [4.69, 9.17) is 0 Å². The zero-order chi connectivity index (χ0) is 9.84. The summed E-state index contributed by atoms with van der Waals surface area (Å²) < 4.78 is 0. The molecule has 0 unspecified atom stereocenters. The van der Waals surface area contributed by atoms with Crippen LogP contribution in [0.5, 0.6) is 0 Å². The van der Waals surface area contributed by atoms with Crippen molar-refractivity contribution < 1.29 is 0 Å². The van der Waals surface area contributed by atoms with Crippen molar-refractivity contribution >= 4 is 24.1 Å². The van der Waals surface area contributed by atoms with Gasteiger partial charge in [0, 0.05) is 5.71 Å². The Kier molecular flexibility index (Phi) is 2.84. The molecule has 4 heteroatoms. The van der Waals surface area contributed by atoms with Crippen LogP contribution in [0.2, 0.25) is 0 Å². The van der Waals surface area contributed by atoms with E-state index in [2.05, 4.69) is 26.7 Å². The summed E-state index contributed by atoms with van der Waals surface area (Å²) in [5.74, 6) is 1.02. The highest BCUT2D eigenvalue weighted by molar-refractivity contribution is 5.82. The molecule has 0 aliphatic rings. The van der Waals surface area contributed by atoms with E-state index in [1.165, 1.54) is 0 Å². The van der Waals surface area contributed by atoms with Crippen LogP contribution < -0.4 is 0 Å². The van der Waals surface area contributed by atoms with Crippen molar-refractivity contribution in [1.29, 1.82) is 0 Å². The van der Waals surface area contributed by atoms with Gasteiger partial charge in [-0.05, 0) is 27.5 Å². The molecule has 1 rings (SSSR count). The van der Waals surface area contributed by atoms with E-state index >= 15 is 0 Å². The maximum Gasteiger partial charge on any atom is 0.197 e. The third-order valence-corrected chi connectivity index (χ3v) is 1.34. The first kappa shape index (κ1) is 9.51. The average Bonchev–Trinajstić information content (AvgIpc) is 2.07. The Morgan fingerprint density at radius 3 is 2.62 bits per heavy atom. The van der Waals surface area contributed by atoms with Crippen molar-refractivity contribution in [3.05, 3.63) is 11.9 Å². The molecule has 0 fully saturated rings. The molecule has 4 nitrogen and oxygen atoms in total. The normalized spacial score (nSPS) is 9.46. The highest BCUT2D eigenvalue weighted by Crippen LogP contribution is 2.21. The van der Waals surface area contributed by atoms with E-state index in [9.17, 15) is 0 Å². The second-order valence-corrected chi connectivity index (χ2v) is 2.88. The number of aromatic nitrogens is 2. The first-order valence-corrected chi connectivity index (χ1v) is 3.95. The number of hydrogen-bond donors (Lipinski definition) is 0. The molecule has 0 bridgehead atoms. The Balaban J connectivity index is 3.21. The molecular formula is C9H12N4. The average molecular weight is 176 g/mol. The SMILES string of the molecule is C=Nc1nc(C)cnc1N=C(C)C. The Hall–Kier alpha value is -1.58. The van der Waals surface area contributed by atoms with Crippen LogP contribution in [0.4, 0.5) is 11.6 Å². The molecule has 0 atom stereocenters. The van der Waals surface area contributed by atoms with Gasteiger partial charge in [-0.3, -0.25) is 0 Å². The van der Waals surface area contributed by atoms with Crippen LogP contribution in [-0.4, -0.2) is 22.4 Å². The highest BCUT2D eigenvalue weighted by atomic mass is 15.0. The van der Waals surface area contributed by atoms with Gasteiger partial charge in [-0.25, -0.2) is 20.0 Å². The molecule has 0 aliphatic heterocycles. The molecule has 0 saturated carbocycles. The van der Waals surface area contributed by atoms with Gasteiger partial charge >= 0.3 is 0 Å². The lowest BCUT2D eigenvalue weighted by atomic mass is 10.4. The summed E-state index contributed by atoms with van der Waals surface area (Å²) in [5.41, 5.74) is 1.73. The summed E-state index contributed by atoms with van der Waals surface area (Å²) in [7, 11) is 0. The standard InChI is InChI=1S/C9H12N4/c1-6(2)12-9-8(10-4)13-7(3)5-11-9/h5H,4H2,1-3H3. The number of aryl methyl sites for hydroxylation is 1. The molecule has 0 aliphatic carbocycles. The zero-order valence-corrected chi connectivity index (χ0v) is 8.07. The Morgan fingerprint density at radius 2 is 2.08 bits per heavy atom. The van der Waals surface area contributed by atoms with E-state index in [1.54, 1.807) is 6.20 Å². The number of hydrogen-bond acceptors (Lipinski definition) is 4. The minimum Gasteiger partial charge on any atom is -0.242 e. The third kappa shape index (κ3) is 2.43. The maximum atomic E-state index is 4.18. The predicted octanol–water partition coefficient (Wildman–Crippen LogP) is 2.23. The van der Waals surface area contributed by atoms with Gasteiger partial charge < -0.3 is 0 Å². The molecule has 0 saturated heterocycles. The smallest absolute Gasteiger partial charge is 0.197 e. The summed E-state index contributed by atoms with van der Waals surface area (Å²) >= 11 is 0. The fourth-order valence-corrected chi connectivity index (χ4v) is 0.855. The summed E-state index contributed by atoms with van der Waals surface area (Å²) in [6.45, 7) is 9.07. The van der Waals surface area contributed by atoms with Crippen molar-refractivity contribution in [2.45, 2.75) is 20.8 Å². The van der Waals surface area contributed by atoms with Gasteiger partial charge in [-0.15, -0.1) is 0 Å². The lowest BCUT2D eigenvalue weighted by Crippen LogP contribution is -1.87. The topological polar surface area (TPSA) is 50.5 Å². The molecule has 1 aromatic rings. The number of nitrogens with zero attached hydrogens (tertiary/aromatic N) is 4. The monoisotopic (exact) mass is 176 g/mol. The van der Waals surface area contributed by atoms with Crippen molar-refractivity contribution in [3.8, 4) is 0 Å². The molecular weight excluding hydrogens is 164 g/mol. The van der Waals surface area contributed by atoms with Gasteiger partial charge in [0.1, 0.15) is 0 Å². The third-order valence-electron chi connectivity index (χ3n) is 1.34. The highest BCUT2D eigenvalue weighted by Gasteiger charge is 2.01. The van der Waals surface area contributed by atoms with Gasteiger partial charge in [0.2, 0.25) is 0 Å². The van der Waals surface area contributed by atoms with Crippen LogP contribution >= 0.6 is 0 Å². The van der Waals surface area contributed by atoms with E-state index in [0.717, 1.165) is 11.4 Å². The number of aliphatic imine (C=N–C) groups is 2. The van der Waals surface area contributed by atoms with Crippen LogP contribution in [0.25, 0.3) is 0 Å². The molecule has 0 spiro atoms. The molecule has 0 N–H and O–H groups in total. The molecule has 1 aromatic heterocycles. The van der Waals surface area contributed by atoms with Crippen LogP contribution in [0.1, 0.15) is 19.5 Å². The largest absolute Gasteiger partial charge is 0.242 e. The molecule has 1 heterocycles. The van der Waals surface area contributed by atoms with Gasteiger partial charge in [-0.1, -0.05) is 0 Å². The first-order chi connectivity index (χ1) is 6.13. The van der Waals surface area contributed by atoms with Gasteiger partial charge in [0.15, 0.2) is 11.6 Å². The Bertz CT molecular complexity index is 351. The van der Waals surface area contributed by atoms with Crippen molar-refractivity contribution in [2.24, 2.45) is 9.98 Å². The Labute approximate surface area is 77.5 Å². The summed E-state index contributed by atoms with van der Waals surface area (Å²) in [6.07, 6.45) is 1.66. The van der Waals surface area contributed by atoms with E-state index in [-0.39, 0.29) is 0 Å². The van der Waals surface area contributed by atoms with Crippen LogP contribution in [0, 0.1) is 6.92 Å². The van der Waals surface area contributed by atoms with E-state index in [0.29, 0.717) is 11.6 Å². The van der Waals surface area contributed by atoms with Gasteiger partial charge in [0.25, 0.3) is 0 Å². The molecule has 0 aromatic carbocycles. The molecule has 13 heavy (non-hydrogen) atoms. The van der Waals surface area contributed by atoms with Crippen LogP contribution in [0.3, 0.4) is 0 Å². The fraction of sp³-hybridized carbons (Fsp3) is 0.333. The van der Waals surface area contributed by atoms with Crippen molar-refractivity contribution in [1.82, 2.24) is 9.97 Å². The fourth-order valence-electron chi connectivity index (χ4n) is 0.855. The minimum absolute atomic E-state index is 0.487. The quantitative estimate of drug-likeness (QED) is 0.649. The lowest BCUT2D eigenvalue weighted by molar-refractivity contribution is 1.09. The summed E-state index contributed by atoms with van der Waals surface area (Å²) in [4.78, 5) is 16.2. The van der Waals surface area contributed by atoms with Gasteiger partial charge in [-0.2, -0.15) is 0 Å². The minimum atomic E-state index is 0.487. The zero-order valence-electron chi connectivity index (χ0n) is 8.07. The van der Waals surface area contributed by atoms with Gasteiger partial charge in [0.05, 0.1) is 11.9 Å². The van der Waals surface area contributed by atoms with Crippen LogP contribution in [0.15, 0.2) is 16.2 Å². The number of rotatable bonds is 2. The molecule has 68 valence electrons. The second-order valence-electron chi connectivity index (χ2n) is 2.88. The van der Waals surface area contributed by atoms with Crippen molar-refractivity contribution in [3.63, 3.8) is 0 Å². The van der Waals surface area contributed by atoms with E-state index in [1.807, 2.05) is 20.8 Å².